The number of anilines is 1. The number of carbonyl (C=O) groups excluding carboxylic acids is 2. The van der Waals surface area contributed by atoms with Crippen LogP contribution in [0.1, 0.15) is 18.3 Å². The molecular formula is C14H19B5N4O3. The van der Waals surface area contributed by atoms with Gasteiger partial charge in [0.05, 0.1) is 10.9 Å². The number of aromatic nitrogens is 2. The fourth-order valence-corrected chi connectivity index (χ4v) is 3.61. The van der Waals surface area contributed by atoms with E-state index in [4.69, 9.17) is 5.73 Å². The fourth-order valence-electron chi connectivity index (χ4n) is 3.61. The van der Waals surface area contributed by atoms with Crippen molar-refractivity contribution in [3.8, 4) is 0 Å². The Morgan fingerprint density at radius 1 is 1.15 bits per heavy atom. The van der Waals surface area contributed by atoms with Crippen LogP contribution < -0.4 is 33.0 Å². The van der Waals surface area contributed by atoms with Crippen molar-refractivity contribution in [1.82, 2.24) is 14.9 Å². The number of fused-ring (bicyclic) bond motifs is 1. The lowest BCUT2D eigenvalue weighted by molar-refractivity contribution is -0.136. The number of amides is 2. The number of imide groups is 1. The van der Waals surface area contributed by atoms with Gasteiger partial charge in [-0.2, -0.15) is 0 Å². The SMILES string of the molecule is Bc1c(B)c(N)c2c(=O)n(C3CC(B)(B)C(=O)NC3=O)c(C)nc2c1B. The molecular weight excluding hydrogens is 326 g/mol. The summed E-state index contributed by atoms with van der Waals surface area (Å²) in [5.41, 5.74) is 9.60. The topological polar surface area (TPSA) is 107 Å². The van der Waals surface area contributed by atoms with Gasteiger partial charge in [-0.1, -0.05) is 16.4 Å². The molecule has 0 bridgehead atoms. The molecule has 12 heteroatoms. The van der Waals surface area contributed by atoms with E-state index in [0.29, 0.717) is 22.4 Å². The molecule has 0 aliphatic carbocycles. The van der Waals surface area contributed by atoms with Gasteiger partial charge in [-0.25, -0.2) is 4.98 Å². The second kappa shape index (κ2) is 5.82. The molecule has 2 amide bonds. The molecule has 1 atom stereocenters. The first-order valence-corrected chi connectivity index (χ1v) is 8.60. The molecule has 0 radical (unpaired) electrons. The van der Waals surface area contributed by atoms with Crippen LogP contribution in [0.25, 0.3) is 10.9 Å². The Hall–Kier alpha value is -2.38. The number of nitrogens with one attached hydrogen (secondary N) is 1. The number of benzene rings is 1. The molecule has 128 valence electrons. The Balaban J connectivity index is 2.34. The highest BCUT2D eigenvalue weighted by Gasteiger charge is 2.42. The lowest BCUT2D eigenvalue weighted by Crippen LogP contribution is -2.52. The lowest BCUT2D eigenvalue weighted by atomic mass is 9.50. The minimum Gasteiger partial charge on any atom is -0.398 e. The first-order chi connectivity index (χ1) is 12.0. The van der Waals surface area contributed by atoms with E-state index < -0.39 is 17.2 Å². The third-order valence-corrected chi connectivity index (χ3v) is 5.61. The van der Waals surface area contributed by atoms with E-state index in [1.807, 2.05) is 23.5 Å². The zero-order valence-corrected chi connectivity index (χ0v) is 16.0. The van der Waals surface area contributed by atoms with Gasteiger partial charge in [-0.05, 0) is 18.6 Å². The van der Waals surface area contributed by atoms with Crippen LogP contribution in [0.15, 0.2) is 4.79 Å². The molecule has 3 N–H and O–H groups in total. The molecule has 0 saturated carbocycles. The summed E-state index contributed by atoms with van der Waals surface area (Å²) in [6.07, 6.45) is 0.231. The minimum absolute atomic E-state index is 0.231. The smallest absolute Gasteiger partial charge is 0.264 e. The summed E-state index contributed by atoms with van der Waals surface area (Å²) in [6, 6.07) is -0.798. The van der Waals surface area contributed by atoms with E-state index in [1.165, 1.54) is 4.57 Å². The summed E-state index contributed by atoms with van der Waals surface area (Å²) >= 11 is 0. The predicted octanol–water partition coefficient (Wildman–Crippen LogP) is -6.97. The first kappa shape index (κ1) is 18.4. The molecule has 26 heavy (non-hydrogen) atoms. The standard InChI is InChI=1S/C14H19B5N4O3/c1-3-21-10-5(9(20)7(16)6(15)8(10)17)12(25)23(3)4-2-14(18,19)13(26)22-11(4)24/h4H,2,15-20H2,1H3,(H,22,24,26). The summed E-state index contributed by atoms with van der Waals surface area (Å²) in [5.74, 6) is -0.390. The van der Waals surface area contributed by atoms with E-state index >= 15 is 0 Å². The number of rotatable bonds is 1. The van der Waals surface area contributed by atoms with E-state index in [1.54, 1.807) is 22.6 Å². The van der Waals surface area contributed by atoms with Crippen molar-refractivity contribution in [1.29, 1.82) is 0 Å². The monoisotopic (exact) mass is 346 g/mol. The predicted molar refractivity (Wildman–Crippen MR) is 116 cm³/mol. The molecule has 1 fully saturated rings. The van der Waals surface area contributed by atoms with E-state index in [2.05, 4.69) is 10.3 Å². The van der Waals surface area contributed by atoms with Gasteiger partial charge < -0.3 is 5.73 Å². The number of nitrogens with two attached hydrogens (primary N) is 1. The highest BCUT2D eigenvalue weighted by molar-refractivity contribution is 6.61. The van der Waals surface area contributed by atoms with Crippen molar-refractivity contribution in [3.05, 3.63) is 16.2 Å². The van der Waals surface area contributed by atoms with Crippen molar-refractivity contribution in [2.75, 3.05) is 5.73 Å². The molecule has 1 aliphatic heterocycles. The van der Waals surface area contributed by atoms with Crippen molar-refractivity contribution in [2.24, 2.45) is 0 Å². The molecule has 2 aromatic rings. The number of hydrogen-bond acceptors (Lipinski definition) is 5. The largest absolute Gasteiger partial charge is 0.398 e. The first-order valence-electron chi connectivity index (χ1n) is 8.60. The van der Waals surface area contributed by atoms with Crippen LogP contribution in [0, 0.1) is 6.92 Å². The maximum atomic E-state index is 13.3. The van der Waals surface area contributed by atoms with Crippen LogP contribution in [-0.4, -0.2) is 60.6 Å². The van der Waals surface area contributed by atoms with Gasteiger partial charge >= 0.3 is 0 Å². The fraction of sp³-hybridized carbons (Fsp3) is 0.286. The molecule has 7 nitrogen and oxygen atoms in total. The van der Waals surface area contributed by atoms with Crippen molar-refractivity contribution in [3.63, 3.8) is 0 Å². The molecule has 1 aliphatic rings. The highest BCUT2D eigenvalue weighted by atomic mass is 16.2. The van der Waals surface area contributed by atoms with Crippen LogP contribution in [0.3, 0.4) is 0 Å². The number of hydrogen-bond donors (Lipinski definition) is 2. The number of piperidine rings is 1. The second-order valence-electron chi connectivity index (χ2n) is 7.77. The number of carbonyl (C=O) groups is 2. The van der Waals surface area contributed by atoms with Gasteiger partial charge in [-0.15, -0.1) is 0 Å². The molecule has 1 saturated heterocycles. The average Bonchev–Trinajstić information content (AvgIpc) is 2.55. The maximum absolute atomic E-state index is 13.3. The Morgan fingerprint density at radius 3 is 2.38 bits per heavy atom. The highest BCUT2D eigenvalue weighted by Crippen LogP contribution is 2.33. The molecule has 1 aromatic carbocycles. The maximum Gasteiger partial charge on any atom is 0.264 e. The summed E-state index contributed by atoms with van der Waals surface area (Å²) in [5, 5.41) is 1.94. The Kier molecular flexibility index (Phi) is 4.12. The van der Waals surface area contributed by atoms with Crippen molar-refractivity contribution in [2.45, 2.75) is 24.6 Å². The molecule has 0 spiro atoms. The molecule has 1 unspecified atom stereocenters. The van der Waals surface area contributed by atoms with Gasteiger partial charge in [0.15, 0.2) is 0 Å². The van der Waals surface area contributed by atoms with E-state index in [-0.39, 0.29) is 17.9 Å². The minimum atomic E-state index is -0.798. The zero-order chi connectivity index (χ0) is 19.5. The van der Waals surface area contributed by atoms with Crippen molar-refractivity contribution >= 4 is 84.0 Å². The average molecular weight is 345 g/mol. The molecule has 1 aromatic heterocycles. The van der Waals surface area contributed by atoms with Crippen LogP contribution in [0.4, 0.5) is 5.69 Å². The van der Waals surface area contributed by atoms with Crippen LogP contribution >= 0.6 is 0 Å². The van der Waals surface area contributed by atoms with E-state index in [9.17, 15) is 14.4 Å². The molecule has 2 heterocycles. The second-order valence-corrected chi connectivity index (χ2v) is 7.77. The lowest BCUT2D eigenvalue weighted by Gasteiger charge is -2.35. The van der Waals surface area contributed by atoms with Crippen molar-refractivity contribution < 1.29 is 9.59 Å². The van der Waals surface area contributed by atoms with Gasteiger partial charge in [0.25, 0.3) is 5.56 Å². The Labute approximate surface area is 155 Å². The number of aryl methyl sites for hydroxylation is 1. The quantitative estimate of drug-likeness (QED) is 0.303. The Bertz CT molecular complexity index is 1050. The van der Waals surface area contributed by atoms with Gasteiger partial charge in [-0.3, -0.25) is 24.3 Å². The summed E-state index contributed by atoms with van der Waals surface area (Å²) < 4.78 is 1.37. The number of nitrogen functional groups attached to an aromatic ring is 1. The summed E-state index contributed by atoms with van der Waals surface area (Å²) in [7, 11) is 9.24. The molecule has 3 rings (SSSR count). The van der Waals surface area contributed by atoms with Crippen LogP contribution in [0.5, 0.6) is 0 Å². The Morgan fingerprint density at radius 2 is 1.77 bits per heavy atom. The van der Waals surface area contributed by atoms with Gasteiger partial charge in [0.2, 0.25) is 11.8 Å². The van der Waals surface area contributed by atoms with Crippen LogP contribution in [-0.2, 0) is 9.59 Å². The van der Waals surface area contributed by atoms with E-state index in [0.717, 1.165) is 16.4 Å². The van der Waals surface area contributed by atoms with Gasteiger partial charge in [0, 0.05) is 5.69 Å². The zero-order valence-electron chi connectivity index (χ0n) is 16.0. The third kappa shape index (κ3) is 2.50. The normalized spacial score (nSPS) is 19.5. The van der Waals surface area contributed by atoms with Gasteiger partial charge in [0.1, 0.15) is 51.1 Å². The number of nitrogens with zero attached hydrogens (tertiary/aromatic N) is 2. The summed E-state index contributed by atoms with van der Waals surface area (Å²) in [4.78, 5) is 42.4. The third-order valence-electron chi connectivity index (χ3n) is 5.61. The van der Waals surface area contributed by atoms with Crippen LogP contribution in [0.2, 0.25) is 5.21 Å². The summed E-state index contributed by atoms with van der Waals surface area (Å²) in [6.45, 7) is 1.70.